The van der Waals surface area contributed by atoms with E-state index in [-0.39, 0.29) is 17.8 Å². The van der Waals surface area contributed by atoms with Gasteiger partial charge >= 0.3 is 0 Å². The van der Waals surface area contributed by atoms with Crippen LogP contribution >= 0.6 is 0 Å². The summed E-state index contributed by atoms with van der Waals surface area (Å²) in [6.45, 7) is 8.32. The summed E-state index contributed by atoms with van der Waals surface area (Å²) in [7, 11) is 0. The predicted octanol–water partition coefficient (Wildman–Crippen LogP) is 2.77. The van der Waals surface area contributed by atoms with Gasteiger partial charge in [0.15, 0.2) is 0 Å². The van der Waals surface area contributed by atoms with Crippen molar-refractivity contribution in [1.82, 2.24) is 9.88 Å². The van der Waals surface area contributed by atoms with Gasteiger partial charge < -0.3 is 20.1 Å². The zero-order chi connectivity index (χ0) is 22.2. The minimum Gasteiger partial charge on any atom is -0.389 e. The van der Waals surface area contributed by atoms with Gasteiger partial charge in [0.05, 0.1) is 30.7 Å². The highest BCUT2D eigenvalue weighted by atomic mass is 19.1. The van der Waals surface area contributed by atoms with Crippen LogP contribution in [0, 0.1) is 5.82 Å². The van der Waals surface area contributed by atoms with Gasteiger partial charge in [-0.05, 0) is 63.2 Å². The van der Waals surface area contributed by atoms with Crippen molar-refractivity contribution in [3.8, 4) is 0 Å². The van der Waals surface area contributed by atoms with E-state index in [1.165, 1.54) is 24.3 Å². The standard InChI is InChI=1S/C23H31FN4O3/c1-17(2)31-16-21(29)15-27-10-3-11-28(13-12-27)22-9-8-20(14-25-22)26-23(30)18-4-6-19(24)7-5-18/h4-9,14,17,21,29H,3,10-13,15-16H2,1-2H3,(H,26,30). The molecule has 2 heterocycles. The van der Waals surface area contributed by atoms with E-state index in [1.807, 2.05) is 26.0 Å². The maximum Gasteiger partial charge on any atom is 0.255 e. The van der Waals surface area contributed by atoms with Gasteiger partial charge in [0.1, 0.15) is 11.6 Å². The largest absolute Gasteiger partial charge is 0.389 e. The molecule has 1 aromatic carbocycles. The van der Waals surface area contributed by atoms with Crippen molar-refractivity contribution in [3.05, 3.63) is 54.0 Å². The first-order valence-electron chi connectivity index (χ1n) is 10.7. The molecule has 1 saturated heterocycles. The van der Waals surface area contributed by atoms with Crippen molar-refractivity contribution in [2.24, 2.45) is 0 Å². The second kappa shape index (κ2) is 11.2. The monoisotopic (exact) mass is 430 g/mol. The van der Waals surface area contributed by atoms with Gasteiger partial charge in [-0.15, -0.1) is 0 Å². The zero-order valence-electron chi connectivity index (χ0n) is 18.1. The first-order valence-corrected chi connectivity index (χ1v) is 10.7. The lowest BCUT2D eigenvalue weighted by atomic mass is 10.2. The zero-order valence-corrected chi connectivity index (χ0v) is 18.1. The average Bonchev–Trinajstić information content (AvgIpc) is 2.99. The number of aliphatic hydroxyl groups is 1. The van der Waals surface area contributed by atoms with Crippen LogP contribution in [0.15, 0.2) is 42.6 Å². The SMILES string of the molecule is CC(C)OCC(O)CN1CCCN(c2ccc(NC(=O)c3ccc(F)cc3)cn2)CC1. The molecule has 1 aromatic heterocycles. The smallest absolute Gasteiger partial charge is 0.255 e. The Morgan fingerprint density at radius 2 is 1.94 bits per heavy atom. The highest BCUT2D eigenvalue weighted by Gasteiger charge is 2.19. The number of hydrogen-bond donors (Lipinski definition) is 2. The summed E-state index contributed by atoms with van der Waals surface area (Å²) in [4.78, 5) is 21.2. The molecule has 0 bridgehead atoms. The van der Waals surface area contributed by atoms with E-state index in [9.17, 15) is 14.3 Å². The fourth-order valence-corrected chi connectivity index (χ4v) is 3.49. The molecule has 1 aliphatic rings. The third-order valence-corrected chi connectivity index (χ3v) is 5.12. The summed E-state index contributed by atoms with van der Waals surface area (Å²) < 4.78 is 18.5. The molecule has 168 valence electrons. The van der Waals surface area contributed by atoms with Gasteiger partial charge in [0.25, 0.3) is 5.91 Å². The summed E-state index contributed by atoms with van der Waals surface area (Å²) in [6, 6.07) is 9.12. The first-order chi connectivity index (χ1) is 14.9. The average molecular weight is 431 g/mol. The summed E-state index contributed by atoms with van der Waals surface area (Å²) in [5.41, 5.74) is 0.974. The molecule has 1 amide bonds. The number of halogens is 1. The van der Waals surface area contributed by atoms with Crippen molar-refractivity contribution >= 4 is 17.4 Å². The van der Waals surface area contributed by atoms with E-state index in [4.69, 9.17) is 4.74 Å². The summed E-state index contributed by atoms with van der Waals surface area (Å²) >= 11 is 0. The molecule has 0 radical (unpaired) electrons. The Bertz CT molecular complexity index is 830. The number of carbonyl (C=O) groups is 1. The Morgan fingerprint density at radius 3 is 2.61 bits per heavy atom. The van der Waals surface area contributed by atoms with Gasteiger partial charge in [0, 0.05) is 31.7 Å². The highest BCUT2D eigenvalue weighted by molar-refractivity contribution is 6.04. The van der Waals surface area contributed by atoms with Crippen LogP contribution in [0.4, 0.5) is 15.9 Å². The molecule has 3 rings (SSSR count). The molecule has 1 atom stereocenters. The molecule has 7 nitrogen and oxygen atoms in total. The second-order valence-corrected chi connectivity index (χ2v) is 8.04. The maximum atomic E-state index is 13.0. The van der Waals surface area contributed by atoms with Crippen molar-refractivity contribution < 1.29 is 19.0 Å². The molecule has 8 heteroatoms. The summed E-state index contributed by atoms with van der Waals surface area (Å²) in [5.74, 6) is 0.169. The molecule has 0 aliphatic carbocycles. The van der Waals surface area contributed by atoms with Crippen molar-refractivity contribution in [3.63, 3.8) is 0 Å². The number of anilines is 2. The summed E-state index contributed by atoms with van der Waals surface area (Å²) in [5, 5.41) is 13.0. The lowest BCUT2D eigenvalue weighted by Gasteiger charge is -2.24. The quantitative estimate of drug-likeness (QED) is 0.671. The molecule has 1 unspecified atom stereocenters. The molecule has 2 aromatic rings. The Hall–Kier alpha value is -2.55. The highest BCUT2D eigenvalue weighted by Crippen LogP contribution is 2.17. The normalized spacial score (nSPS) is 16.2. The van der Waals surface area contributed by atoms with Crippen LogP contribution in [0.1, 0.15) is 30.6 Å². The number of nitrogens with one attached hydrogen (secondary N) is 1. The molecule has 2 N–H and O–H groups in total. The van der Waals surface area contributed by atoms with Crippen LogP contribution in [0.3, 0.4) is 0 Å². The number of amides is 1. The number of β-amino-alcohol motifs (C(OH)–C–C–N with tert-alkyl or cyclic N) is 1. The van der Waals surface area contributed by atoms with Gasteiger partial charge in [-0.3, -0.25) is 9.69 Å². The molecular formula is C23H31FN4O3. The maximum absolute atomic E-state index is 13.0. The van der Waals surface area contributed by atoms with Crippen molar-refractivity contribution in [2.45, 2.75) is 32.5 Å². The van der Waals surface area contributed by atoms with E-state index in [0.717, 1.165) is 38.4 Å². The lowest BCUT2D eigenvalue weighted by molar-refractivity contribution is -0.00766. The number of benzene rings is 1. The van der Waals surface area contributed by atoms with Gasteiger partial charge in [0.2, 0.25) is 0 Å². The summed E-state index contributed by atoms with van der Waals surface area (Å²) in [6.07, 6.45) is 2.23. The van der Waals surface area contributed by atoms with Gasteiger partial charge in [-0.2, -0.15) is 0 Å². The number of carbonyl (C=O) groups excluding carboxylic acids is 1. The van der Waals surface area contributed by atoms with Gasteiger partial charge in [-0.1, -0.05) is 0 Å². The number of pyridine rings is 1. The van der Waals surface area contributed by atoms with E-state index in [0.29, 0.717) is 24.4 Å². The van der Waals surface area contributed by atoms with Crippen LogP contribution in [0.2, 0.25) is 0 Å². The van der Waals surface area contributed by atoms with Gasteiger partial charge in [-0.25, -0.2) is 9.37 Å². The van der Waals surface area contributed by atoms with Crippen LogP contribution < -0.4 is 10.2 Å². The van der Waals surface area contributed by atoms with Crippen LogP contribution in [-0.4, -0.2) is 72.4 Å². The number of nitrogens with zero attached hydrogens (tertiary/aromatic N) is 3. The fraction of sp³-hybridized carbons (Fsp3) is 0.478. The molecule has 0 saturated carbocycles. The minimum absolute atomic E-state index is 0.115. The number of ether oxygens (including phenoxy) is 1. The predicted molar refractivity (Wildman–Crippen MR) is 119 cm³/mol. The first kappa shape index (κ1) is 23.1. The Kier molecular flexibility index (Phi) is 8.34. The molecule has 1 fully saturated rings. The lowest BCUT2D eigenvalue weighted by Crippen LogP contribution is -2.38. The number of rotatable bonds is 8. The van der Waals surface area contributed by atoms with Crippen molar-refractivity contribution in [1.29, 1.82) is 0 Å². The number of aliphatic hydroxyl groups excluding tert-OH is 1. The molecule has 0 spiro atoms. The number of aromatic nitrogens is 1. The Balaban J connectivity index is 1.50. The third kappa shape index (κ3) is 7.27. The van der Waals surface area contributed by atoms with Crippen molar-refractivity contribution in [2.75, 3.05) is 49.5 Å². The van der Waals surface area contributed by atoms with E-state index in [1.54, 1.807) is 6.20 Å². The molecule has 31 heavy (non-hydrogen) atoms. The molecule has 1 aliphatic heterocycles. The second-order valence-electron chi connectivity index (χ2n) is 8.04. The fourth-order valence-electron chi connectivity index (χ4n) is 3.49. The minimum atomic E-state index is -0.490. The Labute approximate surface area is 182 Å². The number of hydrogen-bond acceptors (Lipinski definition) is 6. The third-order valence-electron chi connectivity index (χ3n) is 5.12. The van der Waals surface area contributed by atoms with Crippen LogP contribution in [-0.2, 0) is 4.74 Å². The topological polar surface area (TPSA) is 77.9 Å². The molecular weight excluding hydrogens is 399 g/mol. The Morgan fingerprint density at radius 1 is 1.16 bits per heavy atom. The van der Waals surface area contributed by atoms with Crippen LogP contribution in [0.5, 0.6) is 0 Å². The van der Waals surface area contributed by atoms with E-state index >= 15 is 0 Å². The van der Waals surface area contributed by atoms with Crippen LogP contribution in [0.25, 0.3) is 0 Å². The van der Waals surface area contributed by atoms with E-state index in [2.05, 4.69) is 20.1 Å². The van der Waals surface area contributed by atoms with E-state index < -0.39 is 6.10 Å².